The normalized spacial score (nSPS) is 14.4. The Labute approximate surface area is 242 Å². The van der Waals surface area contributed by atoms with Gasteiger partial charge in [0.05, 0.1) is 31.8 Å². The lowest BCUT2D eigenvalue weighted by molar-refractivity contribution is 0.121. The van der Waals surface area contributed by atoms with Crippen molar-refractivity contribution in [2.45, 2.75) is 38.3 Å². The molecule has 1 aromatic heterocycles. The van der Waals surface area contributed by atoms with E-state index in [-0.39, 0.29) is 5.43 Å². The predicted octanol–water partition coefficient (Wildman–Crippen LogP) is 6.23. The Morgan fingerprint density at radius 1 is 0.902 bits per heavy atom. The van der Waals surface area contributed by atoms with Crippen molar-refractivity contribution in [1.29, 1.82) is 0 Å². The van der Waals surface area contributed by atoms with Gasteiger partial charge in [-0.1, -0.05) is 24.3 Å². The van der Waals surface area contributed by atoms with E-state index in [2.05, 4.69) is 35.0 Å². The van der Waals surface area contributed by atoms with Crippen molar-refractivity contribution in [3.8, 4) is 28.4 Å². The number of benzene rings is 3. The van der Waals surface area contributed by atoms with Gasteiger partial charge in [-0.2, -0.15) is 0 Å². The van der Waals surface area contributed by atoms with Crippen molar-refractivity contribution in [3.05, 3.63) is 88.8 Å². The topological polar surface area (TPSA) is 64.4 Å². The van der Waals surface area contributed by atoms with Crippen molar-refractivity contribution in [3.63, 3.8) is 0 Å². The Morgan fingerprint density at radius 2 is 1.66 bits per heavy atom. The first-order valence-corrected chi connectivity index (χ1v) is 14.4. The average Bonchev–Trinajstić information content (AvgIpc) is 3.01. The first-order valence-electron chi connectivity index (χ1n) is 14.4. The maximum absolute atomic E-state index is 13.1. The number of hydrogen-bond acceptors (Lipinski definition) is 7. The smallest absolute Gasteiger partial charge is 0.200 e. The van der Waals surface area contributed by atoms with E-state index in [1.807, 2.05) is 36.4 Å². The summed E-state index contributed by atoms with van der Waals surface area (Å²) in [6, 6.07) is 21.8. The summed E-state index contributed by atoms with van der Waals surface area (Å²) >= 11 is 0. The van der Waals surface area contributed by atoms with Crippen molar-refractivity contribution < 1.29 is 18.6 Å². The zero-order valence-corrected chi connectivity index (χ0v) is 24.3. The third-order valence-corrected chi connectivity index (χ3v) is 8.04. The monoisotopic (exact) mass is 556 g/mol. The number of piperidine rings is 1. The Morgan fingerprint density at radius 3 is 2.41 bits per heavy atom. The van der Waals surface area contributed by atoms with Crippen LogP contribution in [0, 0.1) is 0 Å². The number of hydrogen-bond donors (Lipinski definition) is 0. The van der Waals surface area contributed by atoms with Gasteiger partial charge in [-0.3, -0.25) is 9.69 Å². The summed E-state index contributed by atoms with van der Waals surface area (Å²) in [5.41, 5.74) is 3.10. The third-order valence-electron chi connectivity index (χ3n) is 8.04. The fraction of sp³-hybridized carbons (Fsp3) is 0.382. The first-order chi connectivity index (χ1) is 20.0. The summed E-state index contributed by atoms with van der Waals surface area (Å²) < 4.78 is 22.4. The molecule has 2 heterocycles. The molecule has 216 valence electrons. The van der Waals surface area contributed by atoms with Crippen LogP contribution in [0.2, 0.25) is 0 Å². The molecule has 0 radical (unpaired) electrons. The molecule has 1 saturated heterocycles. The van der Waals surface area contributed by atoms with Crippen molar-refractivity contribution in [2.75, 3.05) is 47.5 Å². The van der Waals surface area contributed by atoms with Gasteiger partial charge >= 0.3 is 0 Å². The van der Waals surface area contributed by atoms with Crippen LogP contribution in [0.3, 0.4) is 0 Å². The van der Waals surface area contributed by atoms with Crippen molar-refractivity contribution >= 4 is 11.0 Å². The van der Waals surface area contributed by atoms with Crippen LogP contribution in [-0.4, -0.2) is 63.4 Å². The van der Waals surface area contributed by atoms with Crippen LogP contribution < -0.4 is 19.6 Å². The SMILES string of the molecule is COc1ccc(-c2coc3cc(OCCCCN(C)C4CCN(Cc5cccc(OC)c5)CC4)ccc3c2=O)cc1. The summed E-state index contributed by atoms with van der Waals surface area (Å²) in [5, 5.41) is 0.543. The molecule has 7 heteroatoms. The van der Waals surface area contributed by atoms with Crippen LogP contribution in [0.25, 0.3) is 22.1 Å². The quantitative estimate of drug-likeness (QED) is 0.192. The van der Waals surface area contributed by atoms with Gasteiger partial charge in [-0.25, -0.2) is 0 Å². The van der Waals surface area contributed by atoms with Gasteiger partial charge in [-0.15, -0.1) is 0 Å². The molecule has 1 aliphatic rings. The number of fused-ring (bicyclic) bond motifs is 1. The lowest BCUT2D eigenvalue weighted by atomic mass is 10.0. The molecule has 4 aromatic rings. The summed E-state index contributed by atoms with van der Waals surface area (Å²) in [6.07, 6.45) is 5.96. The molecule has 0 N–H and O–H groups in total. The molecule has 0 atom stereocenters. The third kappa shape index (κ3) is 7.29. The highest BCUT2D eigenvalue weighted by molar-refractivity contribution is 5.82. The Hall–Kier alpha value is -3.81. The fourth-order valence-electron chi connectivity index (χ4n) is 5.55. The number of nitrogens with zero attached hydrogens (tertiary/aromatic N) is 2. The van der Waals surface area contributed by atoms with Crippen LogP contribution >= 0.6 is 0 Å². The highest BCUT2D eigenvalue weighted by Gasteiger charge is 2.22. The largest absolute Gasteiger partial charge is 0.497 e. The highest BCUT2D eigenvalue weighted by atomic mass is 16.5. The predicted molar refractivity (Wildman–Crippen MR) is 163 cm³/mol. The maximum Gasteiger partial charge on any atom is 0.200 e. The molecule has 0 aliphatic carbocycles. The van der Waals surface area contributed by atoms with E-state index in [4.69, 9.17) is 18.6 Å². The molecule has 0 bridgehead atoms. The summed E-state index contributed by atoms with van der Waals surface area (Å²) in [4.78, 5) is 18.1. The Balaban J connectivity index is 1.04. The lowest BCUT2D eigenvalue weighted by Crippen LogP contribution is -2.43. The van der Waals surface area contributed by atoms with Gasteiger partial charge in [-0.05, 0) is 99.9 Å². The van der Waals surface area contributed by atoms with E-state index in [1.54, 1.807) is 26.4 Å². The van der Waals surface area contributed by atoms with Crippen LogP contribution in [-0.2, 0) is 6.54 Å². The van der Waals surface area contributed by atoms with Crippen LogP contribution in [0.15, 0.2) is 82.2 Å². The molecule has 0 saturated carbocycles. The number of rotatable bonds is 12. The molecule has 1 fully saturated rings. The summed E-state index contributed by atoms with van der Waals surface area (Å²) in [7, 11) is 5.58. The lowest BCUT2D eigenvalue weighted by Gasteiger charge is -2.36. The van der Waals surface area contributed by atoms with Crippen LogP contribution in [0.4, 0.5) is 0 Å². The van der Waals surface area contributed by atoms with Gasteiger partial charge < -0.3 is 23.5 Å². The second kappa shape index (κ2) is 13.7. The molecule has 5 rings (SSSR count). The summed E-state index contributed by atoms with van der Waals surface area (Å²) in [6.45, 7) is 4.91. The average molecular weight is 557 g/mol. The number of likely N-dealkylation sites (tertiary alicyclic amines) is 1. The number of unbranched alkanes of at least 4 members (excludes halogenated alkanes) is 1. The first kappa shape index (κ1) is 28.7. The second-order valence-electron chi connectivity index (χ2n) is 10.8. The standard InChI is InChI=1S/C34H40N2O5/c1-35(27-15-18-36(19-16-27)23-25-7-6-8-29(21-25)39-3)17-4-5-20-40-30-13-14-31-33(22-30)41-24-32(34(31)37)26-9-11-28(38-2)12-10-26/h6-14,21-22,24,27H,4-5,15-20,23H2,1-3H3. The van der Waals surface area contributed by atoms with Gasteiger partial charge in [0.1, 0.15) is 29.1 Å². The van der Waals surface area contributed by atoms with Gasteiger partial charge in [0.25, 0.3) is 0 Å². The zero-order valence-electron chi connectivity index (χ0n) is 24.3. The molecule has 41 heavy (non-hydrogen) atoms. The molecule has 0 unspecified atom stereocenters. The Bertz CT molecular complexity index is 1470. The number of methoxy groups -OCH3 is 2. The zero-order chi connectivity index (χ0) is 28.6. The minimum Gasteiger partial charge on any atom is -0.497 e. The highest BCUT2D eigenvalue weighted by Crippen LogP contribution is 2.25. The minimum absolute atomic E-state index is 0.0582. The molecular weight excluding hydrogens is 516 g/mol. The van der Waals surface area contributed by atoms with Gasteiger partial charge in [0.2, 0.25) is 0 Å². The Kier molecular flexibility index (Phi) is 9.59. The van der Waals surface area contributed by atoms with E-state index in [1.165, 1.54) is 24.7 Å². The van der Waals surface area contributed by atoms with Gasteiger partial charge in [0.15, 0.2) is 5.43 Å². The van der Waals surface area contributed by atoms with Crippen molar-refractivity contribution in [1.82, 2.24) is 9.80 Å². The molecule has 1 aliphatic heterocycles. The van der Waals surface area contributed by atoms with E-state index in [0.29, 0.717) is 29.2 Å². The fourth-order valence-corrected chi connectivity index (χ4v) is 5.55. The minimum atomic E-state index is -0.0582. The van der Waals surface area contributed by atoms with E-state index in [0.717, 1.165) is 61.8 Å². The molecule has 0 amide bonds. The van der Waals surface area contributed by atoms with Crippen LogP contribution in [0.5, 0.6) is 17.2 Å². The molecule has 0 spiro atoms. The van der Waals surface area contributed by atoms with E-state index < -0.39 is 0 Å². The van der Waals surface area contributed by atoms with Crippen LogP contribution in [0.1, 0.15) is 31.2 Å². The molecule has 3 aromatic carbocycles. The number of ether oxygens (including phenoxy) is 3. The summed E-state index contributed by atoms with van der Waals surface area (Å²) in [5.74, 6) is 2.39. The molecule has 7 nitrogen and oxygen atoms in total. The molecular formula is C34H40N2O5. The van der Waals surface area contributed by atoms with Gasteiger partial charge in [0, 0.05) is 18.7 Å². The van der Waals surface area contributed by atoms with Crippen molar-refractivity contribution in [2.24, 2.45) is 0 Å². The maximum atomic E-state index is 13.1. The second-order valence-corrected chi connectivity index (χ2v) is 10.8. The van der Waals surface area contributed by atoms with E-state index in [9.17, 15) is 4.79 Å². The van der Waals surface area contributed by atoms with E-state index >= 15 is 0 Å².